The van der Waals surface area contributed by atoms with Gasteiger partial charge in [0.25, 0.3) is 11.5 Å². The normalized spacial score (nSPS) is 11.2. The maximum absolute atomic E-state index is 13.7. The monoisotopic (exact) mass is 436 g/mol. The van der Waals surface area contributed by atoms with Crippen molar-refractivity contribution >= 4 is 27.7 Å². The molecule has 0 spiro atoms. The summed E-state index contributed by atoms with van der Waals surface area (Å²) in [5, 5.41) is 6.06. The average Bonchev–Trinajstić information content (AvgIpc) is 3.14. The molecule has 0 aliphatic rings. The van der Waals surface area contributed by atoms with Gasteiger partial charge in [-0.15, -0.1) is 0 Å². The third kappa shape index (κ3) is 3.49. The Morgan fingerprint density at radius 3 is 2.33 bits per heavy atom. The minimum absolute atomic E-state index is 0.235. The van der Waals surface area contributed by atoms with Gasteiger partial charge in [0.05, 0.1) is 5.69 Å². The number of para-hydroxylation sites is 1. The quantitative estimate of drug-likeness (QED) is 0.418. The fourth-order valence-electron chi connectivity index (χ4n) is 4.30. The van der Waals surface area contributed by atoms with Crippen molar-refractivity contribution in [3.63, 3.8) is 0 Å². The molecule has 1 amide bonds. The van der Waals surface area contributed by atoms with E-state index in [1.54, 1.807) is 11.9 Å². The van der Waals surface area contributed by atoms with E-state index >= 15 is 0 Å². The molecule has 2 heterocycles. The molecule has 0 radical (unpaired) electrons. The van der Waals surface area contributed by atoms with Gasteiger partial charge in [-0.25, -0.2) is 0 Å². The van der Waals surface area contributed by atoms with E-state index in [9.17, 15) is 9.59 Å². The van der Waals surface area contributed by atoms with Crippen molar-refractivity contribution in [2.75, 3.05) is 7.05 Å². The van der Waals surface area contributed by atoms with Crippen molar-refractivity contribution in [1.29, 1.82) is 0 Å². The maximum Gasteiger partial charge on any atom is 0.296 e. The van der Waals surface area contributed by atoms with E-state index in [2.05, 4.69) is 5.10 Å². The first-order chi connectivity index (χ1) is 16.0. The zero-order chi connectivity index (χ0) is 23.1. The highest BCUT2D eigenvalue weighted by Gasteiger charge is 2.25. The van der Waals surface area contributed by atoms with Gasteiger partial charge in [-0.1, -0.05) is 66.2 Å². The topological polar surface area (TPSA) is 60.1 Å². The van der Waals surface area contributed by atoms with Crippen molar-refractivity contribution in [2.24, 2.45) is 7.05 Å². The van der Waals surface area contributed by atoms with E-state index in [1.807, 2.05) is 97.4 Å². The van der Waals surface area contributed by atoms with Gasteiger partial charge >= 0.3 is 0 Å². The van der Waals surface area contributed by atoms with Gasteiger partial charge in [0.2, 0.25) is 0 Å². The molecule has 0 aliphatic heterocycles. The van der Waals surface area contributed by atoms with Crippen LogP contribution in [0.2, 0.25) is 0 Å². The Morgan fingerprint density at radius 2 is 1.61 bits per heavy atom. The molecule has 0 fully saturated rings. The predicted octanol–water partition coefficient (Wildman–Crippen LogP) is 4.46. The van der Waals surface area contributed by atoms with Crippen molar-refractivity contribution in [3.8, 4) is 5.69 Å². The van der Waals surface area contributed by atoms with Crippen molar-refractivity contribution in [3.05, 3.63) is 106 Å². The van der Waals surface area contributed by atoms with Crippen LogP contribution in [0.3, 0.4) is 0 Å². The predicted molar refractivity (Wildman–Crippen MR) is 131 cm³/mol. The first kappa shape index (κ1) is 20.7. The van der Waals surface area contributed by atoms with E-state index < -0.39 is 0 Å². The first-order valence-corrected chi connectivity index (χ1v) is 10.8. The summed E-state index contributed by atoms with van der Waals surface area (Å²) in [6.45, 7) is 2.43. The molecule has 33 heavy (non-hydrogen) atoms. The summed E-state index contributed by atoms with van der Waals surface area (Å²) in [7, 11) is 3.61. The minimum Gasteiger partial charge on any atom is -0.339 e. The Balaban J connectivity index is 1.76. The lowest BCUT2D eigenvalue weighted by molar-refractivity contribution is 0.0779. The molecule has 0 N–H and O–H groups in total. The molecule has 0 unspecified atom stereocenters. The van der Waals surface area contributed by atoms with Gasteiger partial charge in [-0.3, -0.25) is 9.59 Å². The first-order valence-electron chi connectivity index (χ1n) is 10.8. The SMILES string of the molecule is Cc1ccc(-n2nc(C(=O)N(C)Cc3ccccc3)c3c4ccccc4n(C)c3c2=O)cc1. The number of hydrogen-bond acceptors (Lipinski definition) is 3. The lowest BCUT2D eigenvalue weighted by Gasteiger charge is -2.18. The van der Waals surface area contributed by atoms with E-state index in [-0.39, 0.29) is 17.2 Å². The number of fused-ring (bicyclic) bond motifs is 3. The molecule has 0 bridgehead atoms. The summed E-state index contributed by atoms with van der Waals surface area (Å²) in [5.74, 6) is -0.235. The number of carbonyl (C=O) groups excluding carboxylic acids is 1. The fourth-order valence-corrected chi connectivity index (χ4v) is 4.30. The number of aryl methyl sites for hydroxylation is 2. The maximum atomic E-state index is 13.7. The highest BCUT2D eigenvalue weighted by Crippen LogP contribution is 2.29. The van der Waals surface area contributed by atoms with E-state index in [4.69, 9.17) is 0 Å². The third-order valence-corrected chi connectivity index (χ3v) is 6.03. The molecule has 6 heteroatoms. The van der Waals surface area contributed by atoms with E-state index in [0.29, 0.717) is 23.1 Å². The molecule has 0 saturated heterocycles. The van der Waals surface area contributed by atoms with Crippen LogP contribution in [0.15, 0.2) is 83.7 Å². The summed E-state index contributed by atoms with van der Waals surface area (Å²) in [6, 6.07) is 25.1. The van der Waals surface area contributed by atoms with Crippen LogP contribution in [0.25, 0.3) is 27.5 Å². The molecule has 5 aromatic rings. The second-order valence-electron chi connectivity index (χ2n) is 8.35. The van der Waals surface area contributed by atoms with Crippen LogP contribution >= 0.6 is 0 Å². The number of nitrogens with zero attached hydrogens (tertiary/aromatic N) is 4. The Morgan fingerprint density at radius 1 is 0.939 bits per heavy atom. The highest BCUT2D eigenvalue weighted by molar-refractivity contribution is 6.16. The minimum atomic E-state index is -0.255. The van der Waals surface area contributed by atoms with Crippen molar-refractivity contribution in [1.82, 2.24) is 19.2 Å². The van der Waals surface area contributed by atoms with E-state index in [1.165, 1.54) is 4.68 Å². The number of amides is 1. The standard InChI is InChI=1S/C27H24N4O2/c1-18-13-15-20(16-14-18)31-27(33)25-23(21-11-7-8-12-22(21)30(25)3)24(28-31)26(32)29(2)17-19-9-5-4-6-10-19/h4-16H,17H2,1-3H3. The van der Waals surface area contributed by atoms with Crippen LogP contribution in [-0.4, -0.2) is 32.2 Å². The van der Waals surface area contributed by atoms with Crippen molar-refractivity contribution < 1.29 is 4.79 Å². The largest absolute Gasteiger partial charge is 0.339 e. The number of benzene rings is 3. The number of hydrogen-bond donors (Lipinski definition) is 0. The molecule has 6 nitrogen and oxygen atoms in total. The van der Waals surface area contributed by atoms with Crippen molar-refractivity contribution in [2.45, 2.75) is 13.5 Å². The summed E-state index contributed by atoms with van der Waals surface area (Å²) < 4.78 is 3.19. The van der Waals surface area contributed by atoms with Crippen LogP contribution in [0, 0.1) is 6.92 Å². The van der Waals surface area contributed by atoms with Crippen LogP contribution in [-0.2, 0) is 13.6 Å². The average molecular weight is 437 g/mol. The number of rotatable bonds is 4. The fraction of sp³-hybridized carbons (Fsp3) is 0.148. The molecular formula is C27H24N4O2. The molecule has 3 aromatic carbocycles. The smallest absolute Gasteiger partial charge is 0.296 e. The molecular weight excluding hydrogens is 412 g/mol. The summed E-state index contributed by atoms with van der Waals surface area (Å²) in [4.78, 5) is 28.9. The zero-order valence-electron chi connectivity index (χ0n) is 18.8. The van der Waals surface area contributed by atoms with Gasteiger partial charge in [0, 0.05) is 36.9 Å². The Kier molecular flexibility index (Phi) is 5.05. The van der Waals surface area contributed by atoms with E-state index in [0.717, 1.165) is 22.0 Å². The molecule has 2 aromatic heterocycles. The molecule has 0 saturated carbocycles. The summed E-state index contributed by atoms with van der Waals surface area (Å²) in [5.41, 5.74) is 4.08. The second-order valence-corrected chi connectivity index (χ2v) is 8.35. The highest BCUT2D eigenvalue weighted by atomic mass is 16.2. The third-order valence-electron chi connectivity index (χ3n) is 6.03. The lowest BCUT2D eigenvalue weighted by Crippen LogP contribution is -2.31. The number of carbonyl (C=O) groups is 1. The Hall–Kier alpha value is -4.19. The number of aromatic nitrogens is 3. The van der Waals surface area contributed by atoms with Crippen LogP contribution in [0.5, 0.6) is 0 Å². The molecule has 0 aliphatic carbocycles. The van der Waals surface area contributed by atoms with Gasteiger partial charge in [0.1, 0.15) is 5.52 Å². The van der Waals surface area contributed by atoms with Gasteiger partial charge in [-0.2, -0.15) is 9.78 Å². The Bertz CT molecular complexity index is 1550. The Labute approximate surface area is 191 Å². The van der Waals surface area contributed by atoms with Crippen LogP contribution in [0.1, 0.15) is 21.6 Å². The molecule has 0 atom stereocenters. The van der Waals surface area contributed by atoms with Gasteiger partial charge in [-0.05, 0) is 30.7 Å². The zero-order valence-corrected chi connectivity index (χ0v) is 18.8. The summed E-state index contributed by atoms with van der Waals surface area (Å²) >= 11 is 0. The summed E-state index contributed by atoms with van der Waals surface area (Å²) in [6.07, 6.45) is 0. The second kappa shape index (κ2) is 8.06. The van der Waals surface area contributed by atoms with Gasteiger partial charge in [0.15, 0.2) is 5.69 Å². The molecule has 164 valence electrons. The van der Waals surface area contributed by atoms with Crippen LogP contribution < -0.4 is 5.56 Å². The lowest BCUT2D eigenvalue weighted by atomic mass is 10.1. The van der Waals surface area contributed by atoms with Crippen LogP contribution in [0.4, 0.5) is 0 Å². The van der Waals surface area contributed by atoms with Gasteiger partial charge < -0.3 is 9.47 Å². The molecule has 5 rings (SSSR count).